The van der Waals surface area contributed by atoms with Crippen LogP contribution in [0.15, 0.2) is 66.2 Å². The van der Waals surface area contributed by atoms with Gasteiger partial charge in [-0.05, 0) is 47.7 Å². The summed E-state index contributed by atoms with van der Waals surface area (Å²) in [4.78, 5) is 0.851. The van der Waals surface area contributed by atoms with Gasteiger partial charge < -0.3 is 15.0 Å². The Morgan fingerprint density at radius 3 is 2.45 bits per heavy atom. The lowest BCUT2D eigenvalue weighted by molar-refractivity contribution is -0.137. The largest absolute Gasteiger partial charge is 0.416 e. The average molecular weight is 416 g/mol. The first-order valence-corrected chi connectivity index (χ1v) is 9.93. The highest BCUT2D eigenvalue weighted by molar-refractivity contribution is 7.10. The second-order valence-corrected chi connectivity index (χ2v) is 7.84. The van der Waals surface area contributed by atoms with E-state index in [1.54, 1.807) is 0 Å². The van der Waals surface area contributed by atoms with Crippen LogP contribution in [0.2, 0.25) is 0 Å². The number of anilines is 1. The summed E-state index contributed by atoms with van der Waals surface area (Å²) < 4.78 is 40.3. The number of hydrogen-bond donors (Lipinski definition) is 2. The van der Waals surface area contributed by atoms with Crippen LogP contribution in [0.5, 0.6) is 0 Å². The number of fused-ring (bicyclic) bond motifs is 1. The molecule has 1 unspecified atom stereocenters. The Bertz CT molecular complexity index is 1130. The van der Waals surface area contributed by atoms with Crippen LogP contribution in [0.3, 0.4) is 0 Å². The van der Waals surface area contributed by atoms with E-state index in [4.69, 9.17) is 0 Å². The number of rotatable bonds is 5. The van der Waals surface area contributed by atoms with Crippen molar-refractivity contribution in [2.75, 3.05) is 5.32 Å². The summed E-state index contributed by atoms with van der Waals surface area (Å²) in [5.41, 5.74) is 2.83. The molecule has 7 heteroatoms. The molecule has 2 aromatic carbocycles. The predicted octanol–water partition coefficient (Wildman–Crippen LogP) is 6.18. The summed E-state index contributed by atoms with van der Waals surface area (Å²) in [6.07, 6.45) is -3.29. The van der Waals surface area contributed by atoms with Crippen molar-refractivity contribution in [1.82, 2.24) is 4.57 Å². The van der Waals surface area contributed by atoms with Crippen LogP contribution in [-0.4, -0.2) is 9.67 Å². The molecule has 0 amide bonds. The third kappa shape index (κ3) is 4.02. The summed E-state index contributed by atoms with van der Waals surface area (Å²) in [5.74, 6) is 0. The van der Waals surface area contributed by atoms with Gasteiger partial charge in [0.1, 0.15) is 0 Å². The normalized spacial score (nSPS) is 13.0. The van der Waals surface area contributed by atoms with Crippen molar-refractivity contribution < 1.29 is 18.3 Å². The van der Waals surface area contributed by atoms with E-state index >= 15 is 0 Å². The number of nitrogens with one attached hydrogen (secondary N) is 1. The Morgan fingerprint density at radius 1 is 1.07 bits per heavy atom. The van der Waals surface area contributed by atoms with E-state index < -0.39 is 18.0 Å². The molecule has 2 N–H and O–H groups in total. The number of alkyl halides is 3. The molecule has 0 saturated carbocycles. The first-order valence-electron chi connectivity index (χ1n) is 9.05. The lowest BCUT2D eigenvalue weighted by Gasteiger charge is -2.13. The van der Waals surface area contributed by atoms with E-state index in [9.17, 15) is 18.3 Å². The predicted molar refractivity (Wildman–Crippen MR) is 110 cm³/mol. The van der Waals surface area contributed by atoms with Gasteiger partial charge in [-0.2, -0.15) is 13.2 Å². The Morgan fingerprint density at radius 2 is 1.79 bits per heavy atom. The molecule has 2 heterocycles. The molecule has 3 nitrogen and oxygen atoms in total. The lowest BCUT2D eigenvalue weighted by Crippen LogP contribution is -2.09. The molecule has 150 valence electrons. The summed E-state index contributed by atoms with van der Waals surface area (Å²) >= 11 is 1.48. The number of aliphatic hydroxyl groups excluding tert-OH is 1. The Labute approximate surface area is 170 Å². The summed E-state index contributed by atoms with van der Waals surface area (Å²) in [6.45, 7) is 2.37. The Hall–Kier alpha value is -2.77. The van der Waals surface area contributed by atoms with Crippen molar-refractivity contribution in [2.45, 2.75) is 25.9 Å². The van der Waals surface area contributed by atoms with Crippen LogP contribution in [0, 0.1) is 6.92 Å². The zero-order valence-corrected chi connectivity index (χ0v) is 16.4. The molecular formula is C22H19F3N2OS. The van der Waals surface area contributed by atoms with Crippen molar-refractivity contribution in [3.8, 4) is 0 Å². The summed E-state index contributed by atoms with van der Waals surface area (Å²) in [7, 11) is 0. The minimum Gasteiger partial charge on any atom is -0.369 e. The summed E-state index contributed by atoms with van der Waals surface area (Å²) in [5, 5.41) is 16.6. The second-order valence-electron chi connectivity index (χ2n) is 6.90. The van der Waals surface area contributed by atoms with Gasteiger partial charge >= 0.3 is 6.18 Å². The first kappa shape index (κ1) is 19.5. The Balaban J connectivity index is 1.63. The molecular weight excluding hydrogens is 397 g/mol. The molecule has 0 aliphatic rings. The molecule has 1 atom stereocenters. The standard InChI is InChI=1S/C22H19F3N2OS/c1-14-10-11-29-20(14)21(28)26-18-13-27(19-5-3-2-4-17(18)19)12-15-6-8-16(9-7-15)22(23,24)25/h2-11,13,21,26,28H,12H2,1H3. The van der Waals surface area contributed by atoms with Gasteiger partial charge in [-0.1, -0.05) is 30.3 Å². The third-order valence-electron chi connectivity index (χ3n) is 4.87. The van der Waals surface area contributed by atoms with Crippen LogP contribution < -0.4 is 5.32 Å². The number of thiophene rings is 1. The first-order chi connectivity index (χ1) is 13.8. The Kier molecular flexibility index (Phi) is 5.10. The highest BCUT2D eigenvalue weighted by Crippen LogP contribution is 2.32. The number of para-hydroxylation sites is 1. The van der Waals surface area contributed by atoms with Gasteiger partial charge in [-0.3, -0.25) is 0 Å². The molecule has 0 aliphatic carbocycles. The van der Waals surface area contributed by atoms with Crippen molar-refractivity contribution in [2.24, 2.45) is 0 Å². The van der Waals surface area contributed by atoms with E-state index in [0.717, 1.165) is 44.7 Å². The molecule has 0 bridgehead atoms. The SMILES string of the molecule is Cc1ccsc1C(O)Nc1cn(Cc2ccc(C(F)(F)F)cc2)c2ccccc12. The van der Waals surface area contributed by atoms with Crippen LogP contribution in [0.1, 0.15) is 27.8 Å². The van der Waals surface area contributed by atoms with E-state index in [1.807, 2.05) is 53.4 Å². The van der Waals surface area contributed by atoms with Gasteiger partial charge in [0.05, 0.1) is 21.6 Å². The molecule has 0 radical (unpaired) electrons. The number of aliphatic hydroxyl groups is 1. The van der Waals surface area contributed by atoms with E-state index in [-0.39, 0.29) is 0 Å². The van der Waals surface area contributed by atoms with E-state index in [1.165, 1.54) is 23.5 Å². The fourth-order valence-electron chi connectivity index (χ4n) is 3.37. The number of halogens is 3. The van der Waals surface area contributed by atoms with Crippen LogP contribution in [0.25, 0.3) is 10.9 Å². The minimum atomic E-state index is -4.34. The molecule has 29 heavy (non-hydrogen) atoms. The topological polar surface area (TPSA) is 37.2 Å². The molecule has 0 aliphatic heterocycles. The van der Waals surface area contributed by atoms with Gasteiger partial charge in [0.15, 0.2) is 6.23 Å². The van der Waals surface area contributed by atoms with Crippen LogP contribution in [-0.2, 0) is 12.7 Å². The second kappa shape index (κ2) is 7.57. The van der Waals surface area contributed by atoms with Crippen molar-refractivity contribution in [3.05, 3.63) is 87.7 Å². The van der Waals surface area contributed by atoms with Gasteiger partial charge in [0.25, 0.3) is 0 Å². The van der Waals surface area contributed by atoms with Crippen molar-refractivity contribution in [3.63, 3.8) is 0 Å². The van der Waals surface area contributed by atoms with Crippen molar-refractivity contribution in [1.29, 1.82) is 0 Å². The molecule has 0 spiro atoms. The van der Waals surface area contributed by atoms with Crippen LogP contribution >= 0.6 is 11.3 Å². The lowest BCUT2D eigenvalue weighted by atomic mass is 10.1. The zero-order chi connectivity index (χ0) is 20.6. The smallest absolute Gasteiger partial charge is 0.369 e. The fourth-order valence-corrected chi connectivity index (χ4v) is 4.23. The number of benzene rings is 2. The molecule has 2 aromatic heterocycles. The molecule has 4 aromatic rings. The fraction of sp³-hybridized carbons (Fsp3) is 0.182. The zero-order valence-electron chi connectivity index (χ0n) is 15.6. The highest BCUT2D eigenvalue weighted by Gasteiger charge is 2.29. The van der Waals surface area contributed by atoms with E-state index in [2.05, 4.69) is 5.32 Å². The van der Waals surface area contributed by atoms with Crippen molar-refractivity contribution >= 4 is 27.9 Å². The summed E-state index contributed by atoms with van der Waals surface area (Å²) in [6, 6.07) is 14.9. The van der Waals surface area contributed by atoms with E-state index in [0.29, 0.717) is 6.54 Å². The van der Waals surface area contributed by atoms with Gasteiger partial charge in [0, 0.05) is 18.1 Å². The van der Waals surface area contributed by atoms with Crippen LogP contribution in [0.4, 0.5) is 18.9 Å². The number of aryl methyl sites for hydroxylation is 1. The molecule has 0 saturated heterocycles. The van der Waals surface area contributed by atoms with Gasteiger partial charge in [-0.25, -0.2) is 0 Å². The maximum absolute atomic E-state index is 12.8. The monoisotopic (exact) mass is 416 g/mol. The highest BCUT2D eigenvalue weighted by atomic mass is 32.1. The minimum absolute atomic E-state index is 0.425. The quantitative estimate of drug-likeness (QED) is 0.381. The van der Waals surface area contributed by atoms with Gasteiger partial charge in [-0.15, -0.1) is 11.3 Å². The van der Waals surface area contributed by atoms with Gasteiger partial charge in [0.2, 0.25) is 0 Å². The molecule has 0 fully saturated rings. The third-order valence-corrected chi connectivity index (χ3v) is 5.94. The number of aromatic nitrogens is 1. The molecule has 4 rings (SSSR count). The number of nitrogens with zero attached hydrogens (tertiary/aromatic N) is 1. The maximum Gasteiger partial charge on any atom is 0.416 e. The number of hydrogen-bond acceptors (Lipinski definition) is 3. The average Bonchev–Trinajstić information content (AvgIpc) is 3.26. The maximum atomic E-state index is 12.8.